The molecule has 0 radical (unpaired) electrons. The highest BCUT2D eigenvalue weighted by Crippen LogP contribution is 2.37. The normalized spacial score (nSPS) is 11.4. The number of aryl methyl sites for hydroxylation is 1. The van der Waals surface area contributed by atoms with Gasteiger partial charge in [0, 0.05) is 4.88 Å². The summed E-state index contributed by atoms with van der Waals surface area (Å²) in [6.45, 7) is 5.50. The second-order valence-corrected chi connectivity index (χ2v) is 7.18. The summed E-state index contributed by atoms with van der Waals surface area (Å²) in [5.41, 5.74) is -2.54. The Morgan fingerprint density at radius 1 is 1.31 bits per heavy atom. The fourth-order valence-corrected chi connectivity index (χ4v) is 3.63. The lowest BCUT2D eigenvalue weighted by Gasteiger charge is -2.08. The number of nitrogens with zero attached hydrogens (tertiary/aromatic N) is 3. The Hall–Kier alpha value is -2.96. The molecule has 0 aromatic carbocycles. The fraction of sp³-hybridized carbons (Fsp3) is 0.438. The molecule has 158 valence electrons. The second kappa shape index (κ2) is 8.19. The molecule has 0 saturated heterocycles. The number of nitrogens with one attached hydrogen (secondary N) is 1. The summed E-state index contributed by atoms with van der Waals surface area (Å²) in [6, 6.07) is 0. The van der Waals surface area contributed by atoms with Gasteiger partial charge in [0.05, 0.1) is 17.1 Å². The van der Waals surface area contributed by atoms with Crippen molar-refractivity contribution in [1.82, 2.24) is 9.78 Å². The fourth-order valence-electron chi connectivity index (χ4n) is 2.57. The van der Waals surface area contributed by atoms with Crippen LogP contribution in [0, 0.1) is 30.9 Å². The van der Waals surface area contributed by atoms with Gasteiger partial charge in [-0.1, -0.05) is 0 Å². The van der Waals surface area contributed by atoms with Crippen molar-refractivity contribution < 1.29 is 32.4 Å². The molecule has 1 N–H and O–H groups in total. The summed E-state index contributed by atoms with van der Waals surface area (Å²) >= 11 is 1.11. The predicted octanol–water partition coefficient (Wildman–Crippen LogP) is 3.61. The maximum atomic E-state index is 13.0. The van der Waals surface area contributed by atoms with Gasteiger partial charge in [-0.3, -0.25) is 19.6 Å². The van der Waals surface area contributed by atoms with Gasteiger partial charge in [0.15, 0.2) is 0 Å². The number of anilines is 1. The Bertz CT molecular complexity index is 980. The van der Waals surface area contributed by atoms with Crippen molar-refractivity contribution in [1.29, 1.82) is 0 Å². The SMILES string of the molecule is CCOC(=O)c1c(NC(=O)Cn2nc(C(F)(F)F)c([N+](=O)[O-])c2C)sc(C)c1C. The van der Waals surface area contributed by atoms with Crippen molar-refractivity contribution in [3.8, 4) is 0 Å². The van der Waals surface area contributed by atoms with Crippen molar-refractivity contribution in [2.75, 3.05) is 11.9 Å². The van der Waals surface area contributed by atoms with Crippen molar-refractivity contribution in [3.05, 3.63) is 37.5 Å². The van der Waals surface area contributed by atoms with Crippen LogP contribution in [0.1, 0.15) is 39.1 Å². The molecule has 0 aliphatic rings. The summed E-state index contributed by atoms with van der Waals surface area (Å²) in [7, 11) is 0. The standard InChI is InChI=1S/C16H17F3N4O5S/c1-5-28-15(25)11-7(2)9(4)29-14(11)20-10(24)6-22-8(3)12(23(26)27)13(21-22)16(17,18)19/h5-6H2,1-4H3,(H,20,24). The monoisotopic (exact) mass is 434 g/mol. The molecule has 0 unspecified atom stereocenters. The Balaban J connectivity index is 2.33. The number of carbonyl (C=O) groups is 2. The van der Waals surface area contributed by atoms with Crippen LogP contribution in [0.15, 0.2) is 0 Å². The van der Waals surface area contributed by atoms with Gasteiger partial charge in [0.2, 0.25) is 11.6 Å². The van der Waals surface area contributed by atoms with Crippen molar-refractivity contribution >= 4 is 33.9 Å². The molecule has 2 rings (SSSR count). The van der Waals surface area contributed by atoms with Gasteiger partial charge >= 0.3 is 17.8 Å². The summed E-state index contributed by atoms with van der Waals surface area (Å²) in [5, 5.41) is 16.8. The third kappa shape index (κ3) is 4.55. The first kappa shape index (κ1) is 22.3. The van der Waals surface area contributed by atoms with Crippen molar-refractivity contribution in [2.24, 2.45) is 0 Å². The first-order valence-corrected chi connectivity index (χ1v) is 9.06. The van der Waals surface area contributed by atoms with Crippen LogP contribution in [0.2, 0.25) is 0 Å². The number of esters is 1. The quantitative estimate of drug-likeness (QED) is 0.422. The number of hydrogen-bond acceptors (Lipinski definition) is 7. The number of hydrogen-bond donors (Lipinski definition) is 1. The van der Waals surface area contributed by atoms with Gasteiger partial charge in [-0.25, -0.2) is 4.79 Å². The summed E-state index contributed by atoms with van der Waals surface area (Å²) in [4.78, 5) is 35.1. The van der Waals surface area contributed by atoms with Crippen LogP contribution in [0.25, 0.3) is 0 Å². The number of carbonyl (C=O) groups excluding carboxylic acids is 2. The van der Waals surface area contributed by atoms with Crippen LogP contribution in [-0.2, 0) is 22.3 Å². The molecule has 2 heterocycles. The summed E-state index contributed by atoms with van der Waals surface area (Å²) < 4.78 is 44.6. The van der Waals surface area contributed by atoms with E-state index in [1.165, 1.54) is 0 Å². The Morgan fingerprint density at radius 2 is 1.93 bits per heavy atom. The number of amides is 1. The average Bonchev–Trinajstić information content (AvgIpc) is 3.05. The highest BCUT2D eigenvalue weighted by molar-refractivity contribution is 7.16. The lowest BCUT2D eigenvalue weighted by molar-refractivity contribution is -0.388. The van der Waals surface area contributed by atoms with Crippen LogP contribution >= 0.6 is 11.3 Å². The van der Waals surface area contributed by atoms with Gasteiger partial charge in [0.1, 0.15) is 17.2 Å². The van der Waals surface area contributed by atoms with E-state index in [0.29, 0.717) is 10.2 Å². The minimum absolute atomic E-state index is 0.122. The van der Waals surface area contributed by atoms with Gasteiger partial charge in [-0.05, 0) is 33.3 Å². The second-order valence-electron chi connectivity index (χ2n) is 5.95. The maximum Gasteiger partial charge on any atom is 0.442 e. The van der Waals surface area contributed by atoms with Gasteiger partial charge < -0.3 is 10.1 Å². The predicted molar refractivity (Wildman–Crippen MR) is 97.0 cm³/mol. The van der Waals surface area contributed by atoms with E-state index in [0.717, 1.165) is 23.1 Å². The van der Waals surface area contributed by atoms with E-state index in [-0.39, 0.29) is 17.2 Å². The zero-order valence-electron chi connectivity index (χ0n) is 15.8. The van der Waals surface area contributed by atoms with E-state index in [9.17, 15) is 32.9 Å². The lowest BCUT2D eigenvalue weighted by Crippen LogP contribution is -2.21. The number of rotatable bonds is 6. The zero-order valence-corrected chi connectivity index (χ0v) is 16.7. The molecule has 29 heavy (non-hydrogen) atoms. The van der Waals surface area contributed by atoms with Crippen LogP contribution in [0.4, 0.5) is 23.9 Å². The molecule has 0 atom stereocenters. The van der Waals surface area contributed by atoms with E-state index >= 15 is 0 Å². The molecule has 0 bridgehead atoms. The number of halogens is 3. The third-order valence-electron chi connectivity index (χ3n) is 4.04. The molecule has 0 aliphatic carbocycles. The molecule has 1 amide bonds. The molecular formula is C16H17F3N4O5S. The molecule has 9 nitrogen and oxygen atoms in total. The molecule has 0 saturated carbocycles. The lowest BCUT2D eigenvalue weighted by atomic mass is 10.1. The van der Waals surface area contributed by atoms with E-state index < -0.39 is 46.6 Å². The number of thiophene rings is 1. The minimum atomic E-state index is -5.05. The number of ether oxygens (including phenoxy) is 1. The van der Waals surface area contributed by atoms with Gasteiger partial charge in [0.25, 0.3) is 0 Å². The van der Waals surface area contributed by atoms with Gasteiger partial charge in [-0.2, -0.15) is 18.3 Å². The third-order valence-corrected chi connectivity index (χ3v) is 5.16. The molecule has 0 spiro atoms. The summed E-state index contributed by atoms with van der Waals surface area (Å²) in [6.07, 6.45) is -5.05. The molecule has 0 fully saturated rings. The van der Waals surface area contributed by atoms with E-state index in [1.54, 1.807) is 20.8 Å². The average molecular weight is 434 g/mol. The first-order valence-electron chi connectivity index (χ1n) is 8.24. The van der Waals surface area contributed by atoms with Crippen LogP contribution in [0.5, 0.6) is 0 Å². The number of nitro groups is 1. The summed E-state index contributed by atoms with van der Waals surface area (Å²) in [5.74, 6) is -1.44. The topological polar surface area (TPSA) is 116 Å². The van der Waals surface area contributed by atoms with Crippen LogP contribution < -0.4 is 5.32 Å². The highest BCUT2D eigenvalue weighted by atomic mass is 32.1. The smallest absolute Gasteiger partial charge is 0.442 e. The maximum absolute atomic E-state index is 13.0. The first-order chi connectivity index (χ1) is 13.4. The van der Waals surface area contributed by atoms with E-state index in [4.69, 9.17) is 4.74 Å². The van der Waals surface area contributed by atoms with E-state index in [1.807, 2.05) is 0 Å². The van der Waals surface area contributed by atoms with Crippen molar-refractivity contribution in [2.45, 2.75) is 40.4 Å². The molecular weight excluding hydrogens is 417 g/mol. The van der Waals surface area contributed by atoms with Crippen molar-refractivity contribution in [3.63, 3.8) is 0 Å². The zero-order chi connectivity index (χ0) is 22.1. The largest absolute Gasteiger partial charge is 0.462 e. The molecule has 2 aromatic rings. The van der Waals surface area contributed by atoms with Gasteiger partial charge in [-0.15, -0.1) is 11.3 Å². The number of alkyl halides is 3. The highest BCUT2D eigenvalue weighted by Gasteiger charge is 2.44. The Morgan fingerprint density at radius 3 is 2.41 bits per heavy atom. The number of aromatic nitrogens is 2. The molecule has 2 aromatic heterocycles. The van der Waals surface area contributed by atoms with Crippen LogP contribution in [0.3, 0.4) is 0 Å². The molecule has 0 aliphatic heterocycles. The van der Waals surface area contributed by atoms with E-state index in [2.05, 4.69) is 10.4 Å². The Kier molecular flexibility index (Phi) is 6.30. The van der Waals surface area contributed by atoms with Crippen LogP contribution in [-0.4, -0.2) is 33.2 Å². The Labute approximate surface area is 166 Å². The molecule has 13 heteroatoms. The minimum Gasteiger partial charge on any atom is -0.462 e.